The monoisotopic (exact) mass is 251 g/mol. The van der Waals surface area contributed by atoms with Gasteiger partial charge in [-0.05, 0) is 46.2 Å². The Balaban J connectivity index is 2.68. The highest BCUT2D eigenvalue weighted by Crippen LogP contribution is 2.27. The molecule has 100 valence electrons. The van der Waals surface area contributed by atoms with E-state index >= 15 is 0 Å². The van der Waals surface area contributed by atoms with Gasteiger partial charge in [-0.2, -0.15) is 0 Å². The van der Waals surface area contributed by atoms with Crippen molar-refractivity contribution in [1.29, 1.82) is 0 Å². The maximum absolute atomic E-state index is 11.7. The minimum atomic E-state index is -0.345. The molecule has 0 aromatic heterocycles. The van der Waals surface area contributed by atoms with Crippen LogP contribution < -0.4 is 5.32 Å². The van der Waals surface area contributed by atoms with Crippen molar-refractivity contribution >= 4 is 11.6 Å². The molecule has 0 radical (unpaired) electrons. The number of benzene rings is 1. The first-order valence-electron chi connectivity index (χ1n) is 5.93. The molecule has 0 spiro atoms. The van der Waals surface area contributed by atoms with Crippen molar-refractivity contribution in [3.8, 4) is 5.75 Å². The molecule has 0 atom stereocenters. The van der Waals surface area contributed by atoms with Gasteiger partial charge in [0.15, 0.2) is 0 Å². The number of nitrogens with one attached hydrogen (secondary N) is 1. The second-order valence-corrected chi connectivity index (χ2v) is 5.35. The van der Waals surface area contributed by atoms with E-state index in [9.17, 15) is 9.90 Å². The predicted octanol–water partition coefficient (Wildman–Crippen LogP) is 2.76. The van der Waals surface area contributed by atoms with Gasteiger partial charge in [-0.25, -0.2) is 0 Å². The van der Waals surface area contributed by atoms with Crippen LogP contribution >= 0.6 is 0 Å². The van der Waals surface area contributed by atoms with Crippen molar-refractivity contribution in [2.45, 2.75) is 40.2 Å². The molecule has 1 amide bonds. The molecule has 4 heteroatoms. The Bertz CT molecular complexity index is 447. The van der Waals surface area contributed by atoms with Gasteiger partial charge in [-0.1, -0.05) is 6.07 Å². The Morgan fingerprint density at radius 1 is 1.33 bits per heavy atom. The van der Waals surface area contributed by atoms with Crippen LogP contribution in [0.4, 0.5) is 5.69 Å². The predicted molar refractivity (Wildman–Crippen MR) is 71.9 cm³/mol. The van der Waals surface area contributed by atoms with Crippen LogP contribution in [0.2, 0.25) is 0 Å². The second kappa shape index (κ2) is 5.40. The van der Waals surface area contributed by atoms with Gasteiger partial charge in [0.1, 0.15) is 12.4 Å². The first-order chi connectivity index (χ1) is 8.20. The largest absolute Gasteiger partial charge is 0.507 e. The number of anilines is 1. The van der Waals surface area contributed by atoms with Crippen molar-refractivity contribution < 1.29 is 14.6 Å². The fourth-order valence-corrected chi connectivity index (χ4v) is 1.44. The van der Waals surface area contributed by atoms with Gasteiger partial charge in [0.05, 0.1) is 5.60 Å². The minimum Gasteiger partial charge on any atom is -0.507 e. The van der Waals surface area contributed by atoms with Gasteiger partial charge in [0, 0.05) is 11.3 Å². The molecule has 1 aromatic rings. The molecule has 0 fully saturated rings. The lowest BCUT2D eigenvalue weighted by atomic mass is 10.1. The molecule has 1 rings (SSSR count). The highest BCUT2D eigenvalue weighted by Gasteiger charge is 2.14. The maximum Gasteiger partial charge on any atom is 0.250 e. The third-order valence-corrected chi connectivity index (χ3v) is 2.54. The van der Waals surface area contributed by atoms with Crippen LogP contribution in [-0.4, -0.2) is 23.2 Å². The molecule has 4 nitrogen and oxygen atoms in total. The first-order valence-corrected chi connectivity index (χ1v) is 5.93. The Hall–Kier alpha value is -1.55. The molecule has 0 aliphatic rings. The molecule has 0 aliphatic heterocycles. The summed E-state index contributed by atoms with van der Waals surface area (Å²) < 4.78 is 5.38. The fourth-order valence-electron chi connectivity index (χ4n) is 1.44. The van der Waals surface area contributed by atoms with Crippen LogP contribution in [-0.2, 0) is 9.53 Å². The Morgan fingerprint density at radius 2 is 1.94 bits per heavy atom. The van der Waals surface area contributed by atoms with Gasteiger partial charge in [0.2, 0.25) is 5.91 Å². The third kappa shape index (κ3) is 4.04. The van der Waals surface area contributed by atoms with Crippen LogP contribution in [0.3, 0.4) is 0 Å². The van der Waals surface area contributed by atoms with E-state index in [4.69, 9.17) is 4.74 Å². The molecule has 0 unspecified atom stereocenters. The summed E-state index contributed by atoms with van der Waals surface area (Å²) in [6.07, 6.45) is 0. The number of carbonyl (C=O) groups is 1. The van der Waals surface area contributed by atoms with Crippen molar-refractivity contribution in [1.82, 2.24) is 0 Å². The number of phenols is 1. The summed E-state index contributed by atoms with van der Waals surface area (Å²) in [6, 6.07) is 3.54. The second-order valence-electron chi connectivity index (χ2n) is 5.35. The van der Waals surface area contributed by atoms with Gasteiger partial charge in [0.25, 0.3) is 0 Å². The zero-order valence-electron chi connectivity index (χ0n) is 11.6. The Morgan fingerprint density at radius 3 is 2.50 bits per heavy atom. The molecular formula is C14H21NO3. The first kappa shape index (κ1) is 14.5. The van der Waals surface area contributed by atoms with E-state index in [2.05, 4.69) is 5.32 Å². The van der Waals surface area contributed by atoms with Crippen LogP contribution in [0.5, 0.6) is 5.75 Å². The van der Waals surface area contributed by atoms with E-state index in [0.29, 0.717) is 11.3 Å². The van der Waals surface area contributed by atoms with E-state index in [1.165, 1.54) is 0 Å². The number of ether oxygens (including phenoxy) is 1. The highest BCUT2D eigenvalue weighted by molar-refractivity contribution is 5.92. The lowest BCUT2D eigenvalue weighted by Gasteiger charge is -2.19. The molecule has 2 N–H and O–H groups in total. The standard InChI is InChI=1S/C14H21NO3/c1-9-6-7-11(10(2)13(9)17)15-12(16)8-18-14(3,4)5/h6-7,17H,8H2,1-5H3,(H,15,16). The molecule has 0 heterocycles. The van der Waals surface area contributed by atoms with Crippen LogP contribution in [0, 0.1) is 13.8 Å². The number of rotatable bonds is 3. The van der Waals surface area contributed by atoms with Crippen molar-refractivity contribution in [3.63, 3.8) is 0 Å². The van der Waals surface area contributed by atoms with Crippen LogP contribution in [0.25, 0.3) is 0 Å². The van der Waals surface area contributed by atoms with Gasteiger partial charge >= 0.3 is 0 Å². The lowest BCUT2D eigenvalue weighted by molar-refractivity contribution is -0.125. The fraction of sp³-hybridized carbons (Fsp3) is 0.500. The lowest BCUT2D eigenvalue weighted by Crippen LogP contribution is -2.27. The summed E-state index contributed by atoms with van der Waals surface area (Å²) in [4.78, 5) is 11.7. The van der Waals surface area contributed by atoms with E-state index in [0.717, 1.165) is 5.56 Å². The van der Waals surface area contributed by atoms with Gasteiger partial charge in [-0.15, -0.1) is 0 Å². The quantitative estimate of drug-likeness (QED) is 0.868. The molecule has 1 aromatic carbocycles. The number of carbonyl (C=O) groups excluding carboxylic acids is 1. The molecule has 0 bridgehead atoms. The Labute approximate surface area is 108 Å². The zero-order valence-corrected chi connectivity index (χ0v) is 11.6. The van der Waals surface area contributed by atoms with Crippen molar-refractivity contribution in [3.05, 3.63) is 23.3 Å². The van der Waals surface area contributed by atoms with Gasteiger partial charge in [-0.3, -0.25) is 4.79 Å². The number of phenolic OH excluding ortho intramolecular Hbond substituents is 1. The Kier molecular flexibility index (Phi) is 4.35. The minimum absolute atomic E-state index is 0.00240. The maximum atomic E-state index is 11.7. The molecular weight excluding hydrogens is 230 g/mol. The van der Waals surface area contributed by atoms with Crippen molar-refractivity contribution in [2.75, 3.05) is 11.9 Å². The topological polar surface area (TPSA) is 58.6 Å². The summed E-state index contributed by atoms with van der Waals surface area (Å²) in [6.45, 7) is 9.26. The number of amides is 1. The summed E-state index contributed by atoms with van der Waals surface area (Å²) >= 11 is 0. The average molecular weight is 251 g/mol. The smallest absolute Gasteiger partial charge is 0.250 e. The van der Waals surface area contributed by atoms with E-state index < -0.39 is 0 Å². The SMILES string of the molecule is Cc1ccc(NC(=O)COC(C)(C)C)c(C)c1O. The number of hydrogen-bond donors (Lipinski definition) is 2. The van der Waals surface area contributed by atoms with E-state index in [1.807, 2.05) is 27.7 Å². The summed E-state index contributed by atoms with van der Waals surface area (Å²) in [5.74, 6) is -0.0131. The average Bonchev–Trinajstić information content (AvgIpc) is 2.26. The third-order valence-electron chi connectivity index (χ3n) is 2.54. The summed E-state index contributed by atoms with van der Waals surface area (Å²) in [5.41, 5.74) is 1.72. The van der Waals surface area contributed by atoms with Crippen LogP contribution in [0.15, 0.2) is 12.1 Å². The number of aryl methyl sites for hydroxylation is 1. The highest BCUT2D eigenvalue weighted by atomic mass is 16.5. The van der Waals surface area contributed by atoms with E-state index in [-0.39, 0.29) is 23.9 Å². The van der Waals surface area contributed by atoms with Crippen molar-refractivity contribution in [2.24, 2.45) is 0 Å². The zero-order chi connectivity index (χ0) is 13.9. The normalized spacial score (nSPS) is 11.4. The summed E-state index contributed by atoms with van der Waals surface area (Å²) in [7, 11) is 0. The summed E-state index contributed by atoms with van der Waals surface area (Å²) in [5, 5.41) is 12.5. The molecule has 0 saturated heterocycles. The van der Waals surface area contributed by atoms with Gasteiger partial charge < -0.3 is 15.2 Å². The molecule has 0 aliphatic carbocycles. The number of aromatic hydroxyl groups is 1. The molecule has 18 heavy (non-hydrogen) atoms. The van der Waals surface area contributed by atoms with E-state index in [1.54, 1.807) is 19.1 Å². The van der Waals surface area contributed by atoms with Crippen LogP contribution in [0.1, 0.15) is 31.9 Å². The number of hydrogen-bond acceptors (Lipinski definition) is 3. The molecule has 0 saturated carbocycles.